The second-order valence-corrected chi connectivity index (χ2v) is 4.45. The highest BCUT2D eigenvalue weighted by molar-refractivity contribution is 5.92. The zero-order chi connectivity index (χ0) is 13.8. The third-order valence-corrected chi connectivity index (χ3v) is 3.07. The summed E-state index contributed by atoms with van der Waals surface area (Å²) in [5.41, 5.74) is 0.589. The first-order valence-electron chi connectivity index (χ1n) is 6.08. The van der Waals surface area contributed by atoms with Gasteiger partial charge in [-0.25, -0.2) is 4.39 Å². The lowest BCUT2D eigenvalue weighted by Crippen LogP contribution is -2.27. The smallest absolute Gasteiger partial charge is 0.246 e. The van der Waals surface area contributed by atoms with Gasteiger partial charge in [-0.15, -0.1) is 0 Å². The van der Waals surface area contributed by atoms with E-state index in [0.717, 1.165) is 0 Å². The molecule has 1 saturated heterocycles. The van der Waals surface area contributed by atoms with Crippen LogP contribution in [0.2, 0.25) is 0 Å². The SMILES string of the molecule is COc1ccc(/C=C/C(=O)N2CC[C@@H](O)C2)cc1F. The Labute approximate surface area is 111 Å². The number of ether oxygens (including phenoxy) is 1. The first-order chi connectivity index (χ1) is 9.10. The highest BCUT2D eigenvalue weighted by atomic mass is 19.1. The quantitative estimate of drug-likeness (QED) is 0.841. The predicted molar refractivity (Wildman–Crippen MR) is 69.2 cm³/mol. The monoisotopic (exact) mass is 265 g/mol. The number of methoxy groups -OCH3 is 1. The van der Waals surface area contributed by atoms with Crippen molar-refractivity contribution in [2.45, 2.75) is 12.5 Å². The summed E-state index contributed by atoms with van der Waals surface area (Å²) in [4.78, 5) is 13.4. The number of aliphatic hydroxyl groups is 1. The Morgan fingerprint density at radius 3 is 2.95 bits per heavy atom. The van der Waals surface area contributed by atoms with Gasteiger partial charge in [-0.2, -0.15) is 0 Å². The van der Waals surface area contributed by atoms with Crippen LogP contribution in [0.4, 0.5) is 4.39 Å². The number of halogens is 1. The average molecular weight is 265 g/mol. The number of rotatable bonds is 3. The molecular weight excluding hydrogens is 249 g/mol. The molecule has 4 nitrogen and oxygen atoms in total. The van der Waals surface area contributed by atoms with E-state index in [1.54, 1.807) is 17.0 Å². The van der Waals surface area contributed by atoms with Crippen LogP contribution in [0.15, 0.2) is 24.3 Å². The summed E-state index contributed by atoms with van der Waals surface area (Å²) < 4.78 is 18.3. The Morgan fingerprint density at radius 1 is 1.58 bits per heavy atom. The lowest BCUT2D eigenvalue weighted by molar-refractivity contribution is -0.125. The molecule has 0 aliphatic carbocycles. The van der Waals surface area contributed by atoms with Crippen LogP contribution >= 0.6 is 0 Å². The Balaban J connectivity index is 2.02. The summed E-state index contributed by atoms with van der Waals surface area (Å²) in [6.45, 7) is 0.918. The Kier molecular flexibility index (Phi) is 4.16. The standard InChI is InChI=1S/C14H16FNO3/c1-19-13-4-2-10(8-12(13)15)3-5-14(18)16-7-6-11(17)9-16/h2-5,8,11,17H,6-7,9H2,1H3/b5-3+/t11-/m1/s1. The molecule has 1 fully saturated rings. The van der Waals surface area contributed by atoms with E-state index in [2.05, 4.69) is 0 Å². The number of carbonyl (C=O) groups is 1. The highest BCUT2D eigenvalue weighted by Crippen LogP contribution is 2.18. The van der Waals surface area contributed by atoms with Crippen molar-refractivity contribution < 1.29 is 19.0 Å². The summed E-state index contributed by atoms with van der Waals surface area (Å²) in [6.07, 6.45) is 3.11. The van der Waals surface area contributed by atoms with E-state index in [9.17, 15) is 14.3 Å². The van der Waals surface area contributed by atoms with Crippen molar-refractivity contribution in [1.29, 1.82) is 0 Å². The second kappa shape index (κ2) is 5.84. The van der Waals surface area contributed by atoms with Gasteiger partial charge in [-0.1, -0.05) is 6.07 Å². The summed E-state index contributed by atoms with van der Waals surface area (Å²) in [5.74, 6) is -0.465. The summed E-state index contributed by atoms with van der Waals surface area (Å²) in [6, 6.07) is 4.49. The molecule has 0 radical (unpaired) electrons. The number of aliphatic hydroxyl groups excluding tert-OH is 1. The van der Waals surface area contributed by atoms with E-state index in [4.69, 9.17) is 4.74 Å². The molecule has 1 aromatic rings. The maximum atomic E-state index is 13.4. The average Bonchev–Trinajstić information content (AvgIpc) is 2.83. The molecule has 1 heterocycles. The molecule has 1 aromatic carbocycles. The molecule has 1 aliphatic rings. The van der Waals surface area contributed by atoms with Crippen LogP contribution in [-0.2, 0) is 4.79 Å². The lowest BCUT2D eigenvalue weighted by Gasteiger charge is -2.12. The minimum atomic E-state index is -0.464. The maximum Gasteiger partial charge on any atom is 0.246 e. The van der Waals surface area contributed by atoms with E-state index in [1.165, 1.54) is 25.3 Å². The molecule has 5 heteroatoms. The van der Waals surface area contributed by atoms with Crippen LogP contribution in [0.3, 0.4) is 0 Å². The molecule has 102 valence electrons. The molecule has 19 heavy (non-hydrogen) atoms. The van der Waals surface area contributed by atoms with Gasteiger partial charge < -0.3 is 14.7 Å². The van der Waals surface area contributed by atoms with Gasteiger partial charge in [0.1, 0.15) is 0 Å². The third kappa shape index (κ3) is 3.32. The van der Waals surface area contributed by atoms with E-state index in [1.807, 2.05) is 0 Å². The predicted octanol–water partition coefficient (Wildman–Crippen LogP) is 1.44. The number of hydrogen-bond donors (Lipinski definition) is 1. The van der Waals surface area contributed by atoms with E-state index in [0.29, 0.717) is 25.1 Å². The Morgan fingerprint density at radius 2 is 2.37 bits per heavy atom. The lowest BCUT2D eigenvalue weighted by atomic mass is 10.2. The molecule has 1 atom stereocenters. The maximum absolute atomic E-state index is 13.4. The van der Waals surface area contributed by atoms with Gasteiger partial charge in [0.15, 0.2) is 11.6 Å². The zero-order valence-electron chi connectivity index (χ0n) is 10.7. The number of β-amino-alcohol motifs (C(OH)–C–C–N with tert-alkyl or cyclic N) is 1. The zero-order valence-corrected chi connectivity index (χ0v) is 10.7. The van der Waals surface area contributed by atoms with Crippen LogP contribution in [0.25, 0.3) is 6.08 Å². The molecular formula is C14H16FNO3. The molecule has 0 spiro atoms. The third-order valence-electron chi connectivity index (χ3n) is 3.07. The molecule has 1 amide bonds. The van der Waals surface area contributed by atoms with Gasteiger partial charge >= 0.3 is 0 Å². The van der Waals surface area contributed by atoms with Gasteiger partial charge in [-0.05, 0) is 30.2 Å². The summed E-state index contributed by atoms with van der Waals surface area (Å²) in [5, 5.41) is 9.35. The van der Waals surface area contributed by atoms with E-state index >= 15 is 0 Å². The number of carbonyl (C=O) groups excluding carboxylic acids is 1. The Hall–Kier alpha value is -1.88. The van der Waals surface area contributed by atoms with Crippen molar-refractivity contribution >= 4 is 12.0 Å². The number of benzene rings is 1. The minimum absolute atomic E-state index is 0.172. The largest absolute Gasteiger partial charge is 0.494 e. The fraction of sp³-hybridized carbons (Fsp3) is 0.357. The normalized spacial score (nSPS) is 19.1. The fourth-order valence-electron chi connectivity index (χ4n) is 2.00. The van der Waals surface area contributed by atoms with Crippen LogP contribution < -0.4 is 4.74 Å². The van der Waals surface area contributed by atoms with Crippen LogP contribution in [0, 0.1) is 5.82 Å². The van der Waals surface area contributed by atoms with Crippen molar-refractivity contribution in [2.75, 3.05) is 20.2 Å². The number of likely N-dealkylation sites (tertiary alicyclic amines) is 1. The molecule has 0 aromatic heterocycles. The van der Waals surface area contributed by atoms with Crippen molar-refractivity contribution in [3.8, 4) is 5.75 Å². The Bertz CT molecular complexity index is 501. The summed E-state index contributed by atoms with van der Waals surface area (Å²) in [7, 11) is 1.40. The highest BCUT2D eigenvalue weighted by Gasteiger charge is 2.22. The molecule has 0 unspecified atom stereocenters. The van der Waals surface area contributed by atoms with Crippen LogP contribution in [0.1, 0.15) is 12.0 Å². The first-order valence-corrected chi connectivity index (χ1v) is 6.08. The molecule has 0 bridgehead atoms. The van der Waals surface area contributed by atoms with E-state index < -0.39 is 11.9 Å². The van der Waals surface area contributed by atoms with Crippen LogP contribution in [0.5, 0.6) is 5.75 Å². The second-order valence-electron chi connectivity index (χ2n) is 4.45. The topological polar surface area (TPSA) is 49.8 Å². The van der Waals surface area contributed by atoms with Gasteiger partial charge in [0, 0.05) is 19.2 Å². The fourth-order valence-corrected chi connectivity index (χ4v) is 2.00. The van der Waals surface area contributed by atoms with Crippen molar-refractivity contribution in [2.24, 2.45) is 0 Å². The molecule has 1 N–H and O–H groups in total. The van der Waals surface area contributed by atoms with Crippen molar-refractivity contribution in [3.63, 3.8) is 0 Å². The van der Waals surface area contributed by atoms with Gasteiger partial charge in [0.25, 0.3) is 0 Å². The minimum Gasteiger partial charge on any atom is -0.494 e. The van der Waals surface area contributed by atoms with Crippen molar-refractivity contribution in [1.82, 2.24) is 4.90 Å². The summed E-state index contributed by atoms with van der Waals surface area (Å²) >= 11 is 0. The first kappa shape index (κ1) is 13.5. The van der Waals surface area contributed by atoms with Gasteiger partial charge in [0.2, 0.25) is 5.91 Å². The number of hydrogen-bond acceptors (Lipinski definition) is 3. The van der Waals surface area contributed by atoms with Gasteiger partial charge in [0.05, 0.1) is 13.2 Å². The molecule has 0 saturated carbocycles. The van der Waals surface area contributed by atoms with Crippen LogP contribution in [-0.4, -0.2) is 42.2 Å². The molecule has 2 rings (SSSR count). The molecule has 1 aliphatic heterocycles. The number of amides is 1. The van der Waals surface area contributed by atoms with Crippen molar-refractivity contribution in [3.05, 3.63) is 35.7 Å². The number of nitrogens with zero attached hydrogens (tertiary/aromatic N) is 1. The van der Waals surface area contributed by atoms with E-state index in [-0.39, 0.29) is 11.7 Å². The van der Waals surface area contributed by atoms with Gasteiger partial charge in [-0.3, -0.25) is 4.79 Å².